The molecule has 5 nitrogen and oxygen atoms in total. The number of fused-ring (bicyclic) bond motifs is 1. The SMILES string of the molecule is COc1cccc(C[C@@]2(CO)CCCN(c3cnc4ccccc4n3)C2)c1. The van der Waals surface area contributed by atoms with Crippen LogP contribution in [0.2, 0.25) is 0 Å². The zero-order chi connectivity index (χ0) is 18.7. The lowest BCUT2D eigenvalue weighted by Gasteiger charge is -2.42. The Morgan fingerprint density at radius 2 is 2.00 bits per heavy atom. The van der Waals surface area contributed by atoms with Crippen molar-refractivity contribution in [2.24, 2.45) is 5.41 Å². The van der Waals surface area contributed by atoms with Gasteiger partial charge in [0.05, 0.1) is 30.9 Å². The van der Waals surface area contributed by atoms with Crippen LogP contribution in [0.15, 0.2) is 54.7 Å². The molecule has 1 fully saturated rings. The molecule has 140 valence electrons. The zero-order valence-electron chi connectivity index (χ0n) is 15.6. The van der Waals surface area contributed by atoms with Crippen LogP contribution in [0.3, 0.4) is 0 Å². The molecule has 2 heterocycles. The van der Waals surface area contributed by atoms with Crippen LogP contribution in [0.5, 0.6) is 5.75 Å². The van der Waals surface area contributed by atoms with Crippen molar-refractivity contribution in [2.75, 3.05) is 31.7 Å². The smallest absolute Gasteiger partial charge is 0.147 e. The molecular formula is C22H25N3O2. The molecule has 0 bridgehead atoms. The average molecular weight is 363 g/mol. The number of aliphatic hydroxyl groups excluding tert-OH is 1. The first kappa shape index (κ1) is 17.7. The molecule has 1 aromatic heterocycles. The number of hydrogen-bond acceptors (Lipinski definition) is 5. The molecule has 2 aromatic carbocycles. The van der Waals surface area contributed by atoms with Gasteiger partial charge in [0.15, 0.2) is 0 Å². The van der Waals surface area contributed by atoms with Gasteiger partial charge in [0.2, 0.25) is 0 Å². The van der Waals surface area contributed by atoms with E-state index < -0.39 is 0 Å². The van der Waals surface area contributed by atoms with Crippen molar-refractivity contribution in [1.29, 1.82) is 0 Å². The van der Waals surface area contributed by atoms with E-state index in [2.05, 4.69) is 22.0 Å². The second-order valence-corrected chi connectivity index (χ2v) is 7.43. The molecule has 0 saturated carbocycles. The Balaban J connectivity index is 1.58. The molecular weight excluding hydrogens is 338 g/mol. The van der Waals surface area contributed by atoms with Gasteiger partial charge in [0.1, 0.15) is 11.6 Å². The van der Waals surface area contributed by atoms with Crippen molar-refractivity contribution in [3.8, 4) is 5.75 Å². The van der Waals surface area contributed by atoms with E-state index in [1.807, 2.05) is 42.6 Å². The second kappa shape index (κ2) is 7.53. The van der Waals surface area contributed by atoms with Crippen LogP contribution in [0.1, 0.15) is 18.4 Å². The summed E-state index contributed by atoms with van der Waals surface area (Å²) in [6.45, 7) is 1.86. The summed E-state index contributed by atoms with van der Waals surface area (Å²) in [6, 6.07) is 16.1. The van der Waals surface area contributed by atoms with Gasteiger partial charge in [-0.2, -0.15) is 0 Å². The Labute approximate surface area is 159 Å². The largest absolute Gasteiger partial charge is 0.497 e. The molecule has 27 heavy (non-hydrogen) atoms. The van der Waals surface area contributed by atoms with Crippen LogP contribution in [0.25, 0.3) is 11.0 Å². The van der Waals surface area contributed by atoms with E-state index in [9.17, 15) is 5.11 Å². The molecule has 1 aliphatic rings. The molecule has 1 N–H and O–H groups in total. The molecule has 0 aliphatic carbocycles. The number of nitrogens with zero attached hydrogens (tertiary/aromatic N) is 3. The van der Waals surface area contributed by atoms with Crippen LogP contribution in [0.4, 0.5) is 5.82 Å². The highest BCUT2D eigenvalue weighted by atomic mass is 16.5. The average Bonchev–Trinajstić information content (AvgIpc) is 2.73. The molecule has 1 aliphatic heterocycles. The fourth-order valence-electron chi connectivity index (χ4n) is 4.05. The van der Waals surface area contributed by atoms with Crippen molar-refractivity contribution in [3.63, 3.8) is 0 Å². The third kappa shape index (κ3) is 3.74. The van der Waals surface area contributed by atoms with Crippen molar-refractivity contribution < 1.29 is 9.84 Å². The molecule has 1 saturated heterocycles. The van der Waals surface area contributed by atoms with E-state index in [1.54, 1.807) is 7.11 Å². The van der Waals surface area contributed by atoms with E-state index >= 15 is 0 Å². The van der Waals surface area contributed by atoms with E-state index in [-0.39, 0.29) is 12.0 Å². The van der Waals surface area contributed by atoms with Crippen molar-refractivity contribution in [1.82, 2.24) is 9.97 Å². The number of rotatable bonds is 5. The summed E-state index contributed by atoms with van der Waals surface area (Å²) in [5.41, 5.74) is 2.82. The van der Waals surface area contributed by atoms with Gasteiger partial charge in [-0.05, 0) is 49.1 Å². The zero-order valence-corrected chi connectivity index (χ0v) is 15.6. The summed E-state index contributed by atoms with van der Waals surface area (Å²) in [4.78, 5) is 11.6. The summed E-state index contributed by atoms with van der Waals surface area (Å²) in [5, 5.41) is 10.3. The molecule has 5 heteroatoms. The second-order valence-electron chi connectivity index (χ2n) is 7.43. The molecule has 0 amide bonds. The van der Waals surface area contributed by atoms with Crippen molar-refractivity contribution >= 4 is 16.9 Å². The predicted octanol–water partition coefficient (Wildman–Crippen LogP) is 3.46. The van der Waals surface area contributed by atoms with Gasteiger partial charge in [-0.1, -0.05) is 24.3 Å². The van der Waals surface area contributed by atoms with E-state index in [1.165, 1.54) is 5.56 Å². The number of hydrogen-bond donors (Lipinski definition) is 1. The monoisotopic (exact) mass is 363 g/mol. The molecule has 3 aromatic rings. The van der Waals surface area contributed by atoms with Gasteiger partial charge >= 0.3 is 0 Å². The number of methoxy groups -OCH3 is 1. The molecule has 0 unspecified atom stereocenters. The highest BCUT2D eigenvalue weighted by molar-refractivity contribution is 5.75. The summed E-state index contributed by atoms with van der Waals surface area (Å²) in [5.74, 6) is 1.74. The summed E-state index contributed by atoms with van der Waals surface area (Å²) in [6.07, 6.45) is 4.69. The van der Waals surface area contributed by atoms with Gasteiger partial charge in [-0.25, -0.2) is 4.98 Å². The number of anilines is 1. The van der Waals surface area contributed by atoms with Gasteiger partial charge < -0.3 is 14.7 Å². The van der Waals surface area contributed by atoms with E-state index in [4.69, 9.17) is 9.72 Å². The fourth-order valence-corrected chi connectivity index (χ4v) is 4.05. The first-order valence-electron chi connectivity index (χ1n) is 9.42. The Hall–Kier alpha value is -2.66. The highest BCUT2D eigenvalue weighted by Gasteiger charge is 2.36. The maximum absolute atomic E-state index is 10.3. The summed E-state index contributed by atoms with van der Waals surface area (Å²) < 4.78 is 5.35. The minimum Gasteiger partial charge on any atom is -0.497 e. The first-order chi connectivity index (χ1) is 13.2. The molecule has 4 rings (SSSR count). The van der Waals surface area contributed by atoms with Gasteiger partial charge in [-0.3, -0.25) is 4.98 Å². The van der Waals surface area contributed by atoms with Crippen molar-refractivity contribution in [3.05, 3.63) is 60.3 Å². The Kier molecular flexibility index (Phi) is 4.94. The quantitative estimate of drug-likeness (QED) is 0.752. The number of aromatic nitrogens is 2. The fraction of sp³-hybridized carbons (Fsp3) is 0.364. The van der Waals surface area contributed by atoms with E-state index in [0.717, 1.165) is 55.0 Å². The standard InChI is InChI=1S/C22H25N3O2/c1-27-18-7-4-6-17(12-18)13-22(16-26)10-5-11-25(15-22)21-14-23-19-8-2-3-9-20(19)24-21/h2-4,6-9,12,14,26H,5,10-11,13,15-16H2,1H3/t22-/m0/s1. The van der Waals surface area contributed by atoms with Crippen LogP contribution < -0.4 is 9.64 Å². The van der Waals surface area contributed by atoms with Crippen LogP contribution in [0, 0.1) is 5.41 Å². The van der Waals surface area contributed by atoms with Gasteiger partial charge in [0, 0.05) is 18.5 Å². The van der Waals surface area contributed by atoms with Crippen LogP contribution >= 0.6 is 0 Å². The lowest BCUT2D eigenvalue weighted by molar-refractivity contribution is 0.105. The third-order valence-corrected chi connectivity index (χ3v) is 5.47. The summed E-state index contributed by atoms with van der Waals surface area (Å²) in [7, 11) is 1.68. The minimum absolute atomic E-state index is 0.154. The maximum Gasteiger partial charge on any atom is 0.147 e. The van der Waals surface area contributed by atoms with Crippen LogP contribution in [-0.4, -0.2) is 41.9 Å². The van der Waals surface area contributed by atoms with Gasteiger partial charge in [0.25, 0.3) is 0 Å². The topological polar surface area (TPSA) is 58.5 Å². The first-order valence-corrected chi connectivity index (χ1v) is 9.42. The number of para-hydroxylation sites is 2. The number of ether oxygens (including phenoxy) is 1. The van der Waals surface area contributed by atoms with E-state index in [0.29, 0.717) is 0 Å². The number of piperidine rings is 1. The predicted molar refractivity (Wildman–Crippen MR) is 107 cm³/mol. The Morgan fingerprint density at radius 3 is 2.81 bits per heavy atom. The molecule has 0 radical (unpaired) electrons. The lowest BCUT2D eigenvalue weighted by Crippen LogP contribution is -2.47. The summed E-state index contributed by atoms with van der Waals surface area (Å²) >= 11 is 0. The number of benzene rings is 2. The van der Waals surface area contributed by atoms with Gasteiger partial charge in [-0.15, -0.1) is 0 Å². The maximum atomic E-state index is 10.3. The Morgan fingerprint density at radius 1 is 1.15 bits per heavy atom. The lowest BCUT2D eigenvalue weighted by atomic mass is 9.75. The minimum atomic E-state index is -0.183. The third-order valence-electron chi connectivity index (χ3n) is 5.47. The van der Waals surface area contributed by atoms with Crippen LogP contribution in [-0.2, 0) is 6.42 Å². The normalized spacial score (nSPS) is 20.0. The van der Waals surface area contributed by atoms with Crippen molar-refractivity contribution in [2.45, 2.75) is 19.3 Å². The number of aliphatic hydroxyl groups is 1. The molecule has 1 atom stereocenters. The molecule has 0 spiro atoms. The Bertz CT molecular complexity index is 930. The highest BCUT2D eigenvalue weighted by Crippen LogP contribution is 2.35.